The first-order chi connectivity index (χ1) is 9.76. The molecule has 2 atom stereocenters. The van der Waals surface area contributed by atoms with Gasteiger partial charge in [0, 0.05) is 13.3 Å². The van der Waals surface area contributed by atoms with Crippen LogP contribution < -0.4 is 11.1 Å². The van der Waals surface area contributed by atoms with Crippen molar-refractivity contribution in [2.45, 2.75) is 31.4 Å². The summed E-state index contributed by atoms with van der Waals surface area (Å²) in [6.07, 6.45) is 4.64. The molecular weight excluding hydrogens is 254 g/mol. The normalized spacial score (nSPS) is 21.1. The number of hydrogen-bond acceptors (Lipinski definition) is 4. The minimum absolute atomic E-state index is 0.0461. The monoisotopic (exact) mass is 273 g/mol. The number of nitrogens with one attached hydrogen (secondary N) is 1. The minimum atomic E-state index is -0.208. The summed E-state index contributed by atoms with van der Waals surface area (Å²) >= 11 is 0. The molecule has 0 aliphatic heterocycles. The van der Waals surface area contributed by atoms with Crippen LogP contribution in [-0.4, -0.2) is 36.7 Å². The SMILES string of the molecule is COC1CCCC1NC(=O)c1ncccc1C#CCN. The molecule has 1 heterocycles. The zero-order valence-electron chi connectivity index (χ0n) is 11.6. The Hall–Kier alpha value is -1.90. The second kappa shape index (κ2) is 7.04. The molecule has 1 aromatic heterocycles. The largest absolute Gasteiger partial charge is 0.379 e. The van der Waals surface area contributed by atoms with E-state index in [9.17, 15) is 4.79 Å². The van der Waals surface area contributed by atoms with Crippen LogP contribution in [0.4, 0.5) is 0 Å². The number of amides is 1. The molecule has 1 aliphatic rings. The number of ether oxygens (including phenoxy) is 1. The van der Waals surface area contributed by atoms with Crippen LogP contribution in [0.1, 0.15) is 35.3 Å². The Morgan fingerprint density at radius 3 is 3.20 bits per heavy atom. The molecule has 0 bridgehead atoms. The maximum Gasteiger partial charge on any atom is 0.271 e. The molecule has 5 heteroatoms. The highest BCUT2D eigenvalue weighted by molar-refractivity contribution is 5.95. The molecule has 0 radical (unpaired) electrons. The van der Waals surface area contributed by atoms with E-state index in [0.29, 0.717) is 11.3 Å². The lowest BCUT2D eigenvalue weighted by Crippen LogP contribution is -2.41. The molecule has 2 rings (SSSR count). The highest BCUT2D eigenvalue weighted by atomic mass is 16.5. The van der Waals surface area contributed by atoms with E-state index >= 15 is 0 Å². The summed E-state index contributed by atoms with van der Waals surface area (Å²) in [6, 6.07) is 3.57. The molecule has 1 fully saturated rings. The topological polar surface area (TPSA) is 77.2 Å². The standard InChI is InChI=1S/C15H19N3O2/c1-20-13-8-2-7-12(13)18-15(19)14-11(5-3-9-16)6-4-10-17-14/h4,6,10,12-13H,2,7-9,16H2,1H3,(H,18,19). The van der Waals surface area contributed by atoms with E-state index < -0.39 is 0 Å². The predicted octanol–water partition coefficient (Wildman–Crippen LogP) is 0.689. The molecule has 1 saturated carbocycles. The van der Waals surface area contributed by atoms with E-state index in [2.05, 4.69) is 22.1 Å². The van der Waals surface area contributed by atoms with Gasteiger partial charge in [-0.25, -0.2) is 4.98 Å². The lowest BCUT2D eigenvalue weighted by atomic mass is 10.1. The predicted molar refractivity (Wildman–Crippen MR) is 76.1 cm³/mol. The summed E-state index contributed by atoms with van der Waals surface area (Å²) in [5.41, 5.74) is 6.30. The molecule has 1 amide bonds. The highest BCUT2D eigenvalue weighted by Gasteiger charge is 2.29. The fraction of sp³-hybridized carbons (Fsp3) is 0.467. The number of aromatic nitrogens is 1. The van der Waals surface area contributed by atoms with Gasteiger partial charge in [0.2, 0.25) is 0 Å². The third-order valence-electron chi connectivity index (χ3n) is 3.42. The van der Waals surface area contributed by atoms with Gasteiger partial charge in [-0.2, -0.15) is 0 Å². The Bertz CT molecular complexity index is 533. The smallest absolute Gasteiger partial charge is 0.271 e. The van der Waals surface area contributed by atoms with Crippen molar-refractivity contribution in [3.05, 3.63) is 29.6 Å². The molecule has 106 valence electrons. The van der Waals surface area contributed by atoms with Crippen molar-refractivity contribution in [3.8, 4) is 11.8 Å². The van der Waals surface area contributed by atoms with Crippen LogP contribution in [0.2, 0.25) is 0 Å². The Labute approximate surface area is 118 Å². The fourth-order valence-electron chi connectivity index (χ4n) is 2.44. The number of methoxy groups -OCH3 is 1. The maximum atomic E-state index is 12.3. The first-order valence-corrected chi connectivity index (χ1v) is 6.74. The summed E-state index contributed by atoms with van der Waals surface area (Å²) in [4.78, 5) is 16.4. The summed E-state index contributed by atoms with van der Waals surface area (Å²) in [7, 11) is 1.67. The zero-order valence-corrected chi connectivity index (χ0v) is 11.6. The quantitative estimate of drug-likeness (QED) is 0.794. The molecule has 0 spiro atoms. The van der Waals surface area contributed by atoms with Gasteiger partial charge in [0.1, 0.15) is 5.69 Å². The number of nitrogens with two attached hydrogens (primary N) is 1. The van der Waals surface area contributed by atoms with Crippen molar-refractivity contribution in [1.82, 2.24) is 10.3 Å². The molecule has 5 nitrogen and oxygen atoms in total. The molecule has 0 aromatic carbocycles. The number of rotatable bonds is 3. The van der Waals surface area contributed by atoms with Crippen LogP contribution in [-0.2, 0) is 4.74 Å². The Morgan fingerprint density at radius 1 is 1.60 bits per heavy atom. The average molecular weight is 273 g/mol. The first-order valence-electron chi connectivity index (χ1n) is 6.74. The summed E-state index contributed by atoms with van der Waals surface area (Å²) in [5, 5.41) is 2.99. The van der Waals surface area contributed by atoms with Crippen LogP contribution in [0.3, 0.4) is 0 Å². The van der Waals surface area contributed by atoms with Gasteiger partial charge in [-0.15, -0.1) is 0 Å². The van der Waals surface area contributed by atoms with E-state index in [1.165, 1.54) is 0 Å². The van der Waals surface area contributed by atoms with Gasteiger partial charge < -0.3 is 15.8 Å². The van der Waals surface area contributed by atoms with Crippen LogP contribution in [0, 0.1) is 11.8 Å². The van der Waals surface area contributed by atoms with E-state index in [1.807, 2.05) is 0 Å². The number of pyridine rings is 1. The number of nitrogens with zero attached hydrogens (tertiary/aromatic N) is 1. The maximum absolute atomic E-state index is 12.3. The van der Waals surface area contributed by atoms with Crippen molar-refractivity contribution in [2.24, 2.45) is 5.73 Å². The van der Waals surface area contributed by atoms with E-state index in [1.54, 1.807) is 25.4 Å². The van der Waals surface area contributed by atoms with Crippen molar-refractivity contribution < 1.29 is 9.53 Å². The van der Waals surface area contributed by atoms with Crippen LogP contribution >= 0.6 is 0 Å². The van der Waals surface area contributed by atoms with Crippen molar-refractivity contribution in [3.63, 3.8) is 0 Å². The van der Waals surface area contributed by atoms with Crippen LogP contribution in [0.25, 0.3) is 0 Å². The van der Waals surface area contributed by atoms with Crippen molar-refractivity contribution >= 4 is 5.91 Å². The van der Waals surface area contributed by atoms with Gasteiger partial charge in [-0.05, 0) is 31.4 Å². The molecule has 2 unspecified atom stereocenters. The number of carbonyl (C=O) groups excluding carboxylic acids is 1. The number of hydrogen-bond donors (Lipinski definition) is 2. The van der Waals surface area contributed by atoms with Crippen molar-refractivity contribution in [2.75, 3.05) is 13.7 Å². The second-order valence-corrected chi connectivity index (χ2v) is 4.69. The molecular formula is C15H19N3O2. The summed E-state index contributed by atoms with van der Waals surface area (Å²) in [6.45, 7) is 0.254. The third-order valence-corrected chi connectivity index (χ3v) is 3.42. The Kier molecular flexibility index (Phi) is 5.10. The average Bonchev–Trinajstić information content (AvgIpc) is 2.92. The molecule has 1 aromatic rings. The van der Waals surface area contributed by atoms with E-state index in [-0.39, 0.29) is 24.6 Å². The molecule has 1 aliphatic carbocycles. The van der Waals surface area contributed by atoms with Gasteiger partial charge in [0.15, 0.2) is 0 Å². The Morgan fingerprint density at radius 2 is 2.45 bits per heavy atom. The highest BCUT2D eigenvalue weighted by Crippen LogP contribution is 2.21. The van der Waals surface area contributed by atoms with Gasteiger partial charge >= 0.3 is 0 Å². The van der Waals surface area contributed by atoms with E-state index in [4.69, 9.17) is 10.5 Å². The molecule has 20 heavy (non-hydrogen) atoms. The zero-order chi connectivity index (χ0) is 14.4. The van der Waals surface area contributed by atoms with Crippen LogP contribution in [0.5, 0.6) is 0 Å². The fourth-order valence-corrected chi connectivity index (χ4v) is 2.44. The molecule has 0 saturated heterocycles. The lowest BCUT2D eigenvalue weighted by molar-refractivity contribution is 0.0719. The number of carbonyl (C=O) groups is 1. The Balaban J connectivity index is 2.13. The molecule has 3 N–H and O–H groups in total. The van der Waals surface area contributed by atoms with Gasteiger partial charge in [-0.3, -0.25) is 4.79 Å². The van der Waals surface area contributed by atoms with Crippen molar-refractivity contribution in [1.29, 1.82) is 0 Å². The van der Waals surface area contributed by atoms with Gasteiger partial charge in [0.25, 0.3) is 5.91 Å². The van der Waals surface area contributed by atoms with Gasteiger partial charge in [0.05, 0.1) is 24.3 Å². The summed E-state index contributed by atoms with van der Waals surface area (Å²) in [5.74, 6) is 5.41. The van der Waals surface area contributed by atoms with Gasteiger partial charge in [-0.1, -0.05) is 11.8 Å². The summed E-state index contributed by atoms with van der Waals surface area (Å²) < 4.78 is 5.38. The first kappa shape index (κ1) is 14.5. The lowest BCUT2D eigenvalue weighted by Gasteiger charge is -2.19. The second-order valence-electron chi connectivity index (χ2n) is 4.69. The minimum Gasteiger partial charge on any atom is -0.379 e. The van der Waals surface area contributed by atoms with Crippen LogP contribution in [0.15, 0.2) is 18.3 Å². The third kappa shape index (κ3) is 3.35. The van der Waals surface area contributed by atoms with E-state index in [0.717, 1.165) is 19.3 Å².